The molecular weight excluding hydrogens is 318 g/mol. The van der Waals surface area contributed by atoms with Crippen molar-refractivity contribution < 1.29 is 17.6 Å². The molecule has 0 bridgehead atoms. The van der Waals surface area contributed by atoms with Gasteiger partial charge in [0.25, 0.3) is 0 Å². The summed E-state index contributed by atoms with van der Waals surface area (Å²) in [6, 6.07) is 7.01. The van der Waals surface area contributed by atoms with Crippen molar-refractivity contribution in [1.29, 1.82) is 0 Å². The SMILES string of the molecule is O=S(=O)(c1ccc(NCCc2ccco2)nc1)N1CCOCC1. The van der Waals surface area contributed by atoms with E-state index in [9.17, 15) is 8.42 Å². The number of hydrogen-bond donors (Lipinski definition) is 1. The summed E-state index contributed by atoms with van der Waals surface area (Å²) in [7, 11) is -3.49. The van der Waals surface area contributed by atoms with Crippen LogP contribution in [0.2, 0.25) is 0 Å². The van der Waals surface area contributed by atoms with Gasteiger partial charge in [0.15, 0.2) is 0 Å². The average Bonchev–Trinajstić information content (AvgIpc) is 3.10. The second-order valence-corrected chi connectivity index (χ2v) is 7.09. The largest absolute Gasteiger partial charge is 0.469 e. The van der Waals surface area contributed by atoms with Gasteiger partial charge < -0.3 is 14.5 Å². The molecule has 0 saturated carbocycles. The van der Waals surface area contributed by atoms with E-state index in [2.05, 4.69) is 10.3 Å². The van der Waals surface area contributed by atoms with Crippen molar-refractivity contribution in [1.82, 2.24) is 9.29 Å². The molecule has 23 heavy (non-hydrogen) atoms. The molecule has 0 unspecified atom stereocenters. The van der Waals surface area contributed by atoms with Crippen LogP contribution in [-0.2, 0) is 21.2 Å². The van der Waals surface area contributed by atoms with Gasteiger partial charge in [0, 0.05) is 32.3 Å². The van der Waals surface area contributed by atoms with E-state index >= 15 is 0 Å². The Hall–Kier alpha value is -1.90. The summed E-state index contributed by atoms with van der Waals surface area (Å²) >= 11 is 0. The first-order valence-electron chi connectivity index (χ1n) is 7.46. The van der Waals surface area contributed by atoms with Crippen LogP contribution in [0.1, 0.15) is 5.76 Å². The molecule has 0 radical (unpaired) electrons. The predicted octanol–water partition coefficient (Wildman–Crippen LogP) is 1.35. The lowest BCUT2D eigenvalue weighted by atomic mass is 10.3. The number of pyridine rings is 1. The van der Waals surface area contributed by atoms with E-state index in [1.165, 1.54) is 10.5 Å². The highest BCUT2D eigenvalue weighted by atomic mass is 32.2. The Morgan fingerprint density at radius 3 is 2.70 bits per heavy atom. The highest BCUT2D eigenvalue weighted by Crippen LogP contribution is 2.17. The van der Waals surface area contributed by atoms with Crippen molar-refractivity contribution in [2.75, 3.05) is 38.2 Å². The summed E-state index contributed by atoms with van der Waals surface area (Å²) in [6.07, 6.45) is 3.77. The van der Waals surface area contributed by atoms with E-state index in [0.717, 1.165) is 12.2 Å². The van der Waals surface area contributed by atoms with Gasteiger partial charge >= 0.3 is 0 Å². The van der Waals surface area contributed by atoms with Crippen LogP contribution in [0.5, 0.6) is 0 Å². The summed E-state index contributed by atoms with van der Waals surface area (Å²) in [5.41, 5.74) is 0. The first-order valence-corrected chi connectivity index (χ1v) is 8.90. The topological polar surface area (TPSA) is 84.7 Å². The Morgan fingerprint density at radius 2 is 2.04 bits per heavy atom. The van der Waals surface area contributed by atoms with Crippen LogP contribution in [0, 0.1) is 0 Å². The number of sulfonamides is 1. The first kappa shape index (κ1) is 16.0. The molecule has 3 rings (SSSR count). The van der Waals surface area contributed by atoms with Crippen LogP contribution < -0.4 is 5.32 Å². The van der Waals surface area contributed by atoms with Crippen LogP contribution >= 0.6 is 0 Å². The molecule has 1 aliphatic rings. The van der Waals surface area contributed by atoms with E-state index in [1.807, 2.05) is 12.1 Å². The summed E-state index contributed by atoms with van der Waals surface area (Å²) < 4.78 is 36.8. The predicted molar refractivity (Wildman–Crippen MR) is 84.7 cm³/mol. The number of aromatic nitrogens is 1. The van der Waals surface area contributed by atoms with Crippen molar-refractivity contribution in [3.05, 3.63) is 42.5 Å². The van der Waals surface area contributed by atoms with Gasteiger partial charge in [-0.15, -0.1) is 0 Å². The fourth-order valence-electron chi connectivity index (χ4n) is 2.34. The molecule has 124 valence electrons. The minimum absolute atomic E-state index is 0.205. The molecule has 0 aromatic carbocycles. The van der Waals surface area contributed by atoms with E-state index in [0.29, 0.717) is 38.7 Å². The van der Waals surface area contributed by atoms with Crippen LogP contribution in [0.15, 0.2) is 46.0 Å². The third kappa shape index (κ3) is 3.90. The Bertz CT molecular complexity index is 708. The number of ether oxygens (including phenoxy) is 1. The Balaban J connectivity index is 1.59. The molecule has 1 saturated heterocycles. The van der Waals surface area contributed by atoms with E-state index < -0.39 is 10.0 Å². The summed E-state index contributed by atoms with van der Waals surface area (Å²) in [5, 5.41) is 3.14. The second kappa shape index (κ2) is 7.12. The van der Waals surface area contributed by atoms with Crippen molar-refractivity contribution >= 4 is 15.8 Å². The van der Waals surface area contributed by atoms with Gasteiger partial charge in [-0.25, -0.2) is 13.4 Å². The third-order valence-electron chi connectivity index (χ3n) is 3.60. The Morgan fingerprint density at radius 1 is 1.22 bits per heavy atom. The monoisotopic (exact) mass is 337 g/mol. The molecule has 8 heteroatoms. The van der Waals surface area contributed by atoms with Crippen molar-refractivity contribution in [3.8, 4) is 0 Å². The van der Waals surface area contributed by atoms with Gasteiger partial charge in [-0.05, 0) is 24.3 Å². The molecule has 2 aromatic rings. The number of morpholine rings is 1. The number of hydrogen-bond acceptors (Lipinski definition) is 6. The maximum Gasteiger partial charge on any atom is 0.244 e. The fourth-order valence-corrected chi connectivity index (χ4v) is 3.70. The molecule has 0 amide bonds. The summed E-state index contributed by atoms with van der Waals surface area (Å²) in [4.78, 5) is 4.38. The van der Waals surface area contributed by atoms with Gasteiger partial charge in [-0.1, -0.05) is 0 Å². The first-order chi connectivity index (χ1) is 11.2. The number of anilines is 1. The van der Waals surface area contributed by atoms with Gasteiger partial charge in [0.1, 0.15) is 16.5 Å². The zero-order valence-corrected chi connectivity index (χ0v) is 13.5. The molecule has 7 nitrogen and oxygen atoms in total. The normalized spacial score (nSPS) is 16.3. The van der Waals surface area contributed by atoms with Crippen LogP contribution in [0.4, 0.5) is 5.82 Å². The number of nitrogens with one attached hydrogen (secondary N) is 1. The molecule has 0 atom stereocenters. The molecule has 0 aliphatic carbocycles. The minimum atomic E-state index is -3.49. The van der Waals surface area contributed by atoms with Gasteiger partial charge in [-0.2, -0.15) is 4.31 Å². The van der Waals surface area contributed by atoms with Crippen molar-refractivity contribution in [2.24, 2.45) is 0 Å². The smallest absolute Gasteiger partial charge is 0.244 e. The number of rotatable bonds is 6. The van der Waals surface area contributed by atoms with Crippen LogP contribution in [-0.4, -0.2) is 50.6 Å². The fraction of sp³-hybridized carbons (Fsp3) is 0.400. The second-order valence-electron chi connectivity index (χ2n) is 5.15. The van der Waals surface area contributed by atoms with Crippen molar-refractivity contribution in [3.63, 3.8) is 0 Å². The zero-order chi connectivity index (χ0) is 16.1. The van der Waals surface area contributed by atoms with Crippen LogP contribution in [0.25, 0.3) is 0 Å². The standard InChI is InChI=1S/C15H19N3O4S/c19-23(20,18-7-10-21-11-8-18)14-3-4-15(17-12-14)16-6-5-13-2-1-9-22-13/h1-4,9,12H,5-8,10-11H2,(H,16,17). The van der Waals surface area contributed by atoms with Gasteiger partial charge in [-0.3, -0.25) is 0 Å². The number of nitrogens with zero attached hydrogens (tertiary/aromatic N) is 2. The third-order valence-corrected chi connectivity index (χ3v) is 5.48. The average molecular weight is 337 g/mol. The quantitative estimate of drug-likeness (QED) is 0.856. The highest BCUT2D eigenvalue weighted by molar-refractivity contribution is 7.89. The molecule has 0 spiro atoms. The van der Waals surface area contributed by atoms with Gasteiger partial charge in [0.05, 0.1) is 19.5 Å². The van der Waals surface area contributed by atoms with E-state index in [4.69, 9.17) is 9.15 Å². The molecule has 2 aromatic heterocycles. The molecule has 1 N–H and O–H groups in total. The van der Waals surface area contributed by atoms with E-state index in [-0.39, 0.29) is 4.90 Å². The van der Waals surface area contributed by atoms with Gasteiger partial charge in [0.2, 0.25) is 10.0 Å². The zero-order valence-electron chi connectivity index (χ0n) is 12.6. The van der Waals surface area contributed by atoms with Crippen LogP contribution in [0.3, 0.4) is 0 Å². The summed E-state index contributed by atoms with van der Waals surface area (Å²) in [6.45, 7) is 2.28. The lowest BCUT2D eigenvalue weighted by Crippen LogP contribution is -2.40. The Labute approximate surface area is 135 Å². The molecule has 1 fully saturated rings. The maximum atomic E-state index is 12.5. The minimum Gasteiger partial charge on any atom is -0.469 e. The Kier molecular flexibility index (Phi) is 4.94. The molecule has 1 aliphatic heterocycles. The van der Waals surface area contributed by atoms with E-state index in [1.54, 1.807) is 18.4 Å². The highest BCUT2D eigenvalue weighted by Gasteiger charge is 2.26. The van der Waals surface area contributed by atoms with Crippen molar-refractivity contribution in [2.45, 2.75) is 11.3 Å². The maximum absolute atomic E-state index is 12.5. The number of furan rings is 1. The molecular formula is C15H19N3O4S. The molecule has 3 heterocycles. The summed E-state index contributed by atoms with van der Waals surface area (Å²) in [5.74, 6) is 1.53. The lowest BCUT2D eigenvalue weighted by Gasteiger charge is -2.25. The lowest BCUT2D eigenvalue weighted by molar-refractivity contribution is 0.0730.